The molecule has 0 radical (unpaired) electrons. The molecule has 0 saturated carbocycles. The molecule has 5 heteroatoms. The van der Waals surface area contributed by atoms with Crippen molar-refractivity contribution in [3.63, 3.8) is 0 Å². The highest BCUT2D eigenvalue weighted by atomic mass is 32.1. The Labute approximate surface area is 121 Å². The summed E-state index contributed by atoms with van der Waals surface area (Å²) in [6.45, 7) is 0.822. The van der Waals surface area contributed by atoms with E-state index < -0.39 is 6.10 Å². The van der Waals surface area contributed by atoms with Crippen LogP contribution in [-0.4, -0.2) is 25.1 Å². The van der Waals surface area contributed by atoms with Gasteiger partial charge >= 0.3 is 0 Å². The van der Waals surface area contributed by atoms with Crippen LogP contribution >= 0.6 is 11.3 Å². The van der Waals surface area contributed by atoms with Crippen molar-refractivity contribution in [2.24, 2.45) is 0 Å². The number of likely N-dealkylation sites (N-methyl/N-ethyl adjacent to an activating group) is 1. The Balaban J connectivity index is 1.88. The fourth-order valence-corrected chi connectivity index (χ4v) is 3.13. The Morgan fingerprint density at radius 1 is 1.40 bits per heavy atom. The molecule has 0 bridgehead atoms. The van der Waals surface area contributed by atoms with Crippen LogP contribution in [0.4, 0.5) is 11.4 Å². The largest absolute Gasteiger partial charge is 0.378 e. The number of carbonyl (C=O) groups is 1. The lowest BCUT2D eigenvalue weighted by Gasteiger charge is -2.20. The molecule has 1 N–H and O–H groups in total. The number of nitrogens with zero attached hydrogens (tertiary/aromatic N) is 2. The third-order valence-electron chi connectivity index (χ3n) is 3.68. The summed E-state index contributed by atoms with van der Waals surface area (Å²) in [5.41, 5.74) is 3.77. The van der Waals surface area contributed by atoms with Gasteiger partial charge in [0.15, 0.2) is 6.10 Å². The van der Waals surface area contributed by atoms with E-state index in [1.807, 2.05) is 25.2 Å². The third-order valence-corrected chi connectivity index (χ3v) is 4.41. The maximum Gasteiger partial charge on any atom is 0.260 e. The molecule has 1 unspecified atom stereocenters. The van der Waals surface area contributed by atoms with Crippen LogP contribution in [0.5, 0.6) is 0 Å². The number of carbonyl (C=O) groups excluding carboxylic acids is 1. The lowest BCUT2D eigenvalue weighted by Crippen LogP contribution is -2.23. The molecule has 1 aromatic carbocycles. The first-order valence-corrected chi connectivity index (χ1v) is 7.34. The molecule has 3 rings (SSSR count). The van der Waals surface area contributed by atoms with Crippen LogP contribution in [0.25, 0.3) is 0 Å². The van der Waals surface area contributed by atoms with Crippen molar-refractivity contribution in [2.75, 3.05) is 23.9 Å². The number of thiophene rings is 1. The minimum atomic E-state index is -1.02. The minimum Gasteiger partial charge on any atom is -0.378 e. The predicted molar refractivity (Wildman–Crippen MR) is 81.2 cm³/mol. The van der Waals surface area contributed by atoms with E-state index in [-0.39, 0.29) is 5.91 Å². The molecule has 2 heterocycles. The fraction of sp³-hybridized carbons (Fsp3) is 0.267. The van der Waals surface area contributed by atoms with Crippen molar-refractivity contribution in [1.29, 1.82) is 0 Å². The Bertz CT molecular complexity index is 639. The summed E-state index contributed by atoms with van der Waals surface area (Å²) in [5.74, 6) is -0.266. The zero-order chi connectivity index (χ0) is 14.3. The monoisotopic (exact) mass is 288 g/mol. The zero-order valence-electron chi connectivity index (χ0n) is 11.4. The van der Waals surface area contributed by atoms with E-state index in [4.69, 9.17) is 0 Å². The first-order chi connectivity index (χ1) is 9.58. The second-order valence-corrected chi connectivity index (χ2v) is 5.81. The Morgan fingerprint density at radius 3 is 2.90 bits per heavy atom. The SMILES string of the molecule is CN(Cc1ccsc1)c1ccc2c(c1)N(C)C(=O)C2O. The molecule has 20 heavy (non-hydrogen) atoms. The molecule has 1 aliphatic heterocycles. The molecule has 104 valence electrons. The van der Waals surface area contributed by atoms with Gasteiger partial charge in [0.25, 0.3) is 5.91 Å². The van der Waals surface area contributed by atoms with Crippen molar-refractivity contribution in [2.45, 2.75) is 12.6 Å². The van der Waals surface area contributed by atoms with E-state index in [0.717, 1.165) is 17.9 Å². The van der Waals surface area contributed by atoms with Crippen LogP contribution in [0, 0.1) is 0 Å². The van der Waals surface area contributed by atoms with Crippen molar-refractivity contribution < 1.29 is 9.90 Å². The molecule has 1 amide bonds. The zero-order valence-corrected chi connectivity index (χ0v) is 12.2. The molecule has 1 atom stereocenters. The number of amides is 1. The molecule has 0 aliphatic carbocycles. The van der Waals surface area contributed by atoms with Crippen LogP contribution in [0.1, 0.15) is 17.2 Å². The van der Waals surface area contributed by atoms with Crippen LogP contribution in [-0.2, 0) is 11.3 Å². The number of anilines is 2. The van der Waals surface area contributed by atoms with Crippen LogP contribution in [0.15, 0.2) is 35.0 Å². The fourth-order valence-electron chi connectivity index (χ4n) is 2.47. The van der Waals surface area contributed by atoms with E-state index in [9.17, 15) is 9.90 Å². The minimum absolute atomic E-state index is 0.266. The highest BCUT2D eigenvalue weighted by Gasteiger charge is 2.33. The molecule has 0 fully saturated rings. The summed E-state index contributed by atoms with van der Waals surface area (Å²) in [4.78, 5) is 15.4. The lowest BCUT2D eigenvalue weighted by molar-refractivity contribution is -0.125. The second kappa shape index (κ2) is 4.92. The van der Waals surface area contributed by atoms with Crippen LogP contribution in [0.2, 0.25) is 0 Å². The van der Waals surface area contributed by atoms with Crippen molar-refractivity contribution in [1.82, 2.24) is 0 Å². The van der Waals surface area contributed by atoms with Crippen molar-refractivity contribution >= 4 is 28.6 Å². The normalized spacial score (nSPS) is 17.4. The molecule has 4 nitrogen and oxygen atoms in total. The first-order valence-electron chi connectivity index (χ1n) is 6.39. The number of benzene rings is 1. The quantitative estimate of drug-likeness (QED) is 0.943. The lowest BCUT2D eigenvalue weighted by atomic mass is 10.1. The molecule has 1 aliphatic rings. The topological polar surface area (TPSA) is 43.8 Å². The van der Waals surface area contributed by atoms with Crippen LogP contribution in [0.3, 0.4) is 0 Å². The van der Waals surface area contributed by atoms with Crippen LogP contribution < -0.4 is 9.80 Å². The summed E-state index contributed by atoms with van der Waals surface area (Å²) in [6, 6.07) is 7.84. The third kappa shape index (κ3) is 2.09. The molecule has 0 spiro atoms. The molecule has 0 saturated heterocycles. The maximum absolute atomic E-state index is 11.8. The first kappa shape index (κ1) is 13.1. The number of rotatable bonds is 3. The van der Waals surface area contributed by atoms with Gasteiger partial charge in [0.05, 0.1) is 5.69 Å². The van der Waals surface area contributed by atoms with Crippen molar-refractivity contribution in [3.05, 3.63) is 46.2 Å². The van der Waals surface area contributed by atoms with Gasteiger partial charge in [-0.2, -0.15) is 11.3 Å². The predicted octanol–water partition coefficient (Wildman–Crippen LogP) is 2.39. The average molecular weight is 288 g/mol. The molecule has 1 aromatic heterocycles. The summed E-state index contributed by atoms with van der Waals surface area (Å²) in [6.07, 6.45) is -1.02. The maximum atomic E-state index is 11.8. The highest BCUT2D eigenvalue weighted by Crippen LogP contribution is 2.37. The van der Waals surface area contributed by atoms with Gasteiger partial charge in [0.2, 0.25) is 0 Å². The molecule has 2 aromatic rings. The van der Waals surface area contributed by atoms with E-state index in [0.29, 0.717) is 5.56 Å². The van der Waals surface area contributed by atoms with Gasteiger partial charge in [-0.1, -0.05) is 6.07 Å². The standard InChI is InChI=1S/C15H16N2O2S/c1-16(8-10-5-6-20-9-10)11-3-4-12-13(7-11)17(2)15(19)14(12)18/h3-7,9,14,18H,8H2,1-2H3. The van der Waals surface area contributed by atoms with Gasteiger partial charge < -0.3 is 14.9 Å². The summed E-state index contributed by atoms with van der Waals surface area (Å²) in [7, 11) is 3.71. The van der Waals surface area contributed by atoms with Gasteiger partial charge in [0.1, 0.15) is 0 Å². The second-order valence-electron chi connectivity index (χ2n) is 5.03. The average Bonchev–Trinajstić information content (AvgIpc) is 3.03. The Hall–Kier alpha value is -1.85. The number of hydrogen-bond donors (Lipinski definition) is 1. The number of aliphatic hydroxyl groups excluding tert-OH is 1. The highest BCUT2D eigenvalue weighted by molar-refractivity contribution is 7.07. The van der Waals surface area contributed by atoms with E-state index in [1.54, 1.807) is 18.4 Å². The Morgan fingerprint density at radius 2 is 2.20 bits per heavy atom. The smallest absolute Gasteiger partial charge is 0.260 e. The summed E-state index contributed by atoms with van der Waals surface area (Å²) >= 11 is 1.69. The number of aliphatic hydroxyl groups is 1. The van der Waals surface area contributed by atoms with Gasteiger partial charge in [-0.05, 0) is 34.5 Å². The molecular weight excluding hydrogens is 272 g/mol. The van der Waals surface area contributed by atoms with Gasteiger partial charge in [-0.3, -0.25) is 4.79 Å². The van der Waals surface area contributed by atoms with Crippen molar-refractivity contribution in [3.8, 4) is 0 Å². The number of hydrogen-bond acceptors (Lipinski definition) is 4. The van der Waals surface area contributed by atoms with Gasteiger partial charge in [-0.25, -0.2) is 0 Å². The van der Waals surface area contributed by atoms with Gasteiger partial charge in [0, 0.05) is 31.9 Å². The van der Waals surface area contributed by atoms with E-state index >= 15 is 0 Å². The van der Waals surface area contributed by atoms with E-state index in [2.05, 4.69) is 21.7 Å². The van der Waals surface area contributed by atoms with E-state index in [1.165, 1.54) is 10.5 Å². The summed E-state index contributed by atoms with van der Waals surface area (Å²) in [5, 5.41) is 14.0. The Kier molecular flexibility index (Phi) is 3.23. The molecular formula is C15H16N2O2S. The van der Waals surface area contributed by atoms with Gasteiger partial charge in [-0.15, -0.1) is 0 Å². The summed E-state index contributed by atoms with van der Waals surface area (Å²) < 4.78 is 0. The number of fused-ring (bicyclic) bond motifs is 1.